The Balaban J connectivity index is 1.59. The molecule has 2 aromatic rings. The van der Waals surface area contributed by atoms with E-state index in [2.05, 4.69) is 20.3 Å². The van der Waals surface area contributed by atoms with Crippen molar-refractivity contribution in [3.63, 3.8) is 0 Å². The molecule has 1 amide bonds. The van der Waals surface area contributed by atoms with Crippen LogP contribution in [0.3, 0.4) is 0 Å². The number of nitrogens with zero attached hydrogens (tertiary/aromatic N) is 3. The summed E-state index contributed by atoms with van der Waals surface area (Å²) in [5.41, 5.74) is 0. The van der Waals surface area contributed by atoms with Crippen molar-refractivity contribution in [3.05, 3.63) is 29.5 Å². The molecule has 23 heavy (non-hydrogen) atoms. The minimum atomic E-state index is -0.746. The number of carboxylic acid groups (broad SMARTS) is 1. The molecule has 0 aromatic carbocycles. The zero-order valence-electron chi connectivity index (χ0n) is 12.3. The topological polar surface area (TPSA) is 105 Å². The third-order valence-electron chi connectivity index (χ3n) is 3.90. The Morgan fingerprint density at radius 1 is 1.13 bits per heavy atom. The van der Waals surface area contributed by atoms with Crippen molar-refractivity contribution >= 4 is 23.2 Å². The number of aliphatic carboxylic acids is 1. The molecule has 2 N–H and O–H groups in total. The average Bonchev–Trinajstić information content (AvgIpc) is 3.06. The van der Waals surface area contributed by atoms with Gasteiger partial charge in [-0.15, -0.1) is 11.3 Å². The third-order valence-corrected chi connectivity index (χ3v) is 4.89. The van der Waals surface area contributed by atoms with Crippen molar-refractivity contribution in [2.45, 2.75) is 31.7 Å². The molecule has 1 fully saturated rings. The molecule has 8 heteroatoms. The maximum absolute atomic E-state index is 12.3. The third kappa shape index (κ3) is 3.70. The molecule has 1 aliphatic rings. The maximum Gasteiger partial charge on any atom is 0.306 e. The number of carbonyl (C=O) groups is 2. The van der Waals surface area contributed by atoms with Crippen molar-refractivity contribution in [3.8, 4) is 10.8 Å². The van der Waals surface area contributed by atoms with Gasteiger partial charge in [0.2, 0.25) is 0 Å². The van der Waals surface area contributed by atoms with E-state index in [1.54, 1.807) is 18.5 Å². The summed E-state index contributed by atoms with van der Waals surface area (Å²) in [5, 5.41) is 12.5. The molecule has 0 atom stereocenters. The first-order chi connectivity index (χ1) is 11.1. The van der Waals surface area contributed by atoms with Crippen LogP contribution in [0.1, 0.15) is 35.4 Å². The Bertz CT molecular complexity index is 696. The Morgan fingerprint density at radius 2 is 1.83 bits per heavy atom. The Kier molecular flexibility index (Phi) is 4.61. The molecule has 3 rings (SSSR count). The van der Waals surface area contributed by atoms with Crippen molar-refractivity contribution < 1.29 is 14.7 Å². The van der Waals surface area contributed by atoms with Crippen LogP contribution < -0.4 is 5.32 Å². The number of aromatic nitrogens is 3. The summed E-state index contributed by atoms with van der Waals surface area (Å²) in [4.78, 5) is 36.1. The number of nitrogens with one attached hydrogen (secondary N) is 1. The lowest BCUT2D eigenvalue weighted by molar-refractivity contribution is -0.142. The standard InChI is InChI=1S/C15H16N4O3S/c20-13(19-10-4-2-9(3-5-10)15(21)22)11-8-18-14(23-11)12-16-6-1-7-17-12/h1,6-10H,2-5H2,(H,19,20)(H,21,22). The highest BCUT2D eigenvalue weighted by atomic mass is 32.1. The van der Waals surface area contributed by atoms with Crippen LogP contribution in [-0.2, 0) is 4.79 Å². The molecule has 2 heterocycles. The van der Waals surface area contributed by atoms with Gasteiger partial charge in [-0.2, -0.15) is 0 Å². The summed E-state index contributed by atoms with van der Waals surface area (Å²) >= 11 is 1.25. The minimum Gasteiger partial charge on any atom is -0.481 e. The predicted octanol–water partition coefficient (Wildman–Crippen LogP) is 1.97. The summed E-state index contributed by atoms with van der Waals surface area (Å²) in [6, 6.07) is 1.75. The van der Waals surface area contributed by atoms with Crippen LogP contribution in [0.15, 0.2) is 24.7 Å². The first-order valence-electron chi connectivity index (χ1n) is 7.40. The van der Waals surface area contributed by atoms with E-state index >= 15 is 0 Å². The second-order valence-electron chi connectivity index (χ2n) is 5.46. The number of hydrogen-bond donors (Lipinski definition) is 2. The first kappa shape index (κ1) is 15.5. The molecule has 0 saturated heterocycles. The average molecular weight is 332 g/mol. The fraction of sp³-hybridized carbons (Fsp3) is 0.400. The van der Waals surface area contributed by atoms with Crippen molar-refractivity contribution in [1.29, 1.82) is 0 Å². The largest absolute Gasteiger partial charge is 0.481 e. The predicted molar refractivity (Wildman–Crippen MR) is 84.0 cm³/mol. The van der Waals surface area contributed by atoms with Gasteiger partial charge in [0.15, 0.2) is 10.8 Å². The fourth-order valence-corrected chi connectivity index (χ4v) is 3.40. The molecule has 1 saturated carbocycles. The highest BCUT2D eigenvalue weighted by Gasteiger charge is 2.27. The molecule has 1 aliphatic carbocycles. The van der Waals surface area contributed by atoms with Crippen LogP contribution in [0.4, 0.5) is 0 Å². The van der Waals surface area contributed by atoms with E-state index in [-0.39, 0.29) is 17.9 Å². The molecule has 7 nitrogen and oxygen atoms in total. The van der Waals surface area contributed by atoms with Crippen LogP contribution in [0.2, 0.25) is 0 Å². The van der Waals surface area contributed by atoms with Crippen LogP contribution in [0.5, 0.6) is 0 Å². The van der Waals surface area contributed by atoms with Crippen LogP contribution in [0.25, 0.3) is 10.8 Å². The van der Waals surface area contributed by atoms with Crippen LogP contribution in [-0.4, -0.2) is 38.0 Å². The van der Waals surface area contributed by atoms with Gasteiger partial charge in [-0.3, -0.25) is 9.59 Å². The van der Waals surface area contributed by atoms with Gasteiger partial charge in [-0.1, -0.05) is 0 Å². The normalized spacial score (nSPS) is 20.9. The van der Waals surface area contributed by atoms with Crippen molar-refractivity contribution in [1.82, 2.24) is 20.3 Å². The summed E-state index contributed by atoms with van der Waals surface area (Å²) in [7, 11) is 0. The smallest absolute Gasteiger partial charge is 0.306 e. The zero-order chi connectivity index (χ0) is 16.2. The first-order valence-corrected chi connectivity index (χ1v) is 8.22. The van der Waals surface area contributed by atoms with Gasteiger partial charge in [0, 0.05) is 18.4 Å². The van der Waals surface area contributed by atoms with Crippen molar-refractivity contribution in [2.75, 3.05) is 0 Å². The van der Waals surface area contributed by atoms with E-state index in [9.17, 15) is 9.59 Å². The van der Waals surface area contributed by atoms with E-state index in [0.717, 1.165) is 0 Å². The lowest BCUT2D eigenvalue weighted by Gasteiger charge is -2.26. The number of rotatable bonds is 4. The molecule has 0 radical (unpaired) electrons. The maximum atomic E-state index is 12.3. The van der Waals surface area contributed by atoms with E-state index in [1.165, 1.54) is 17.5 Å². The van der Waals surface area contributed by atoms with E-state index in [0.29, 0.717) is 41.4 Å². The number of carboxylic acids is 1. The SMILES string of the molecule is O=C(NC1CCC(C(=O)O)CC1)c1cnc(-c2ncccn2)s1. The van der Waals surface area contributed by atoms with Gasteiger partial charge in [-0.05, 0) is 31.7 Å². The second-order valence-corrected chi connectivity index (χ2v) is 6.49. The monoisotopic (exact) mass is 332 g/mol. The van der Waals surface area contributed by atoms with Gasteiger partial charge in [0.25, 0.3) is 5.91 Å². The molecule has 0 spiro atoms. The Labute approximate surface area is 136 Å². The van der Waals surface area contributed by atoms with Gasteiger partial charge in [0.1, 0.15) is 4.88 Å². The molecular formula is C15H16N4O3S. The minimum absolute atomic E-state index is 0.0247. The van der Waals surface area contributed by atoms with E-state index in [4.69, 9.17) is 5.11 Å². The lowest BCUT2D eigenvalue weighted by Crippen LogP contribution is -2.38. The van der Waals surface area contributed by atoms with Gasteiger partial charge >= 0.3 is 5.97 Å². The Morgan fingerprint density at radius 3 is 2.48 bits per heavy atom. The highest BCUT2D eigenvalue weighted by Crippen LogP contribution is 2.26. The van der Waals surface area contributed by atoms with E-state index in [1.807, 2.05) is 0 Å². The van der Waals surface area contributed by atoms with E-state index < -0.39 is 5.97 Å². The molecule has 2 aromatic heterocycles. The molecule has 120 valence electrons. The van der Waals surface area contributed by atoms with Crippen LogP contribution >= 0.6 is 11.3 Å². The Hall–Kier alpha value is -2.35. The number of thiazole rings is 1. The number of carbonyl (C=O) groups excluding carboxylic acids is 1. The quantitative estimate of drug-likeness (QED) is 0.887. The molecule has 0 bridgehead atoms. The van der Waals surface area contributed by atoms with Gasteiger partial charge in [-0.25, -0.2) is 15.0 Å². The fourth-order valence-electron chi connectivity index (χ4n) is 2.63. The highest BCUT2D eigenvalue weighted by molar-refractivity contribution is 7.16. The summed E-state index contributed by atoms with van der Waals surface area (Å²) in [6.45, 7) is 0. The lowest BCUT2D eigenvalue weighted by atomic mass is 9.86. The summed E-state index contributed by atoms with van der Waals surface area (Å²) in [5.74, 6) is -0.708. The van der Waals surface area contributed by atoms with Gasteiger partial charge in [0.05, 0.1) is 12.1 Å². The molecule has 0 aliphatic heterocycles. The second kappa shape index (κ2) is 6.82. The van der Waals surface area contributed by atoms with Gasteiger partial charge < -0.3 is 10.4 Å². The number of hydrogen-bond acceptors (Lipinski definition) is 6. The van der Waals surface area contributed by atoms with Crippen molar-refractivity contribution in [2.24, 2.45) is 5.92 Å². The summed E-state index contributed by atoms with van der Waals surface area (Å²) in [6.07, 6.45) is 7.37. The zero-order valence-corrected chi connectivity index (χ0v) is 13.1. The molecular weight excluding hydrogens is 316 g/mol. The summed E-state index contributed by atoms with van der Waals surface area (Å²) < 4.78 is 0. The van der Waals surface area contributed by atoms with Crippen LogP contribution in [0, 0.1) is 5.92 Å². The molecule has 0 unspecified atom stereocenters. The number of amides is 1.